The second-order valence-electron chi connectivity index (χ2n) is 5.74. The fourth-order valence-electron chi connectivity index (χ4n) is 2.58. The lowest BCUT2D eigenvalue weighted by atomic mass is 10.1. The highest BCUT2D eigenvalue weighted by Gasteiger charge is 2.29. The van der Waals surface area contributed by atoms with Crippen molar-refractivity contribution in [2.24, 2.45) is 5.73 Å². The highest BCUT2D eigenvalue weighted by Crippen LogP contribution is 2.34. The first-order valence-electron chi connectivity index (χ1n) is 7.66. The number of hydrogen-bond acceptors (Lipinski definition) is 4. The second kappa shape index (κ2) is 6.27. The molecule has 7 heteroatoms. The minimum Gasteiger partial charge on any atom is -0.479 e. The monoisotopic (exact) mass is 339 g/mol. The Morgan fingerprint density at radius 1 is 1.12 bits per heavy atom. The second-order valence-corrected chi connectivity index (χ2v) is 5.74. The molecule has 0 spiro atoms. The molecule has 0 radical (unpaired) electrons. The number of nitrogens with two attached hydrogens (primary N) is 1. The van der Waals surface area contributed by atoms with Crippen LogP contribution in [0.25, 0.3) is 0 Å². The molecule has 0 saturated heterocycles. The van der Waals surface area contributed by atoms with E-state index in [2.05, 4.69) is 5.32 Å². The molecule has 0 saturated carbocycles. The van der Waals surface area contributed by atoms with E-state index in [1.165, 1.54) is 17.0 Å². The number of nitrogens with zero attached hydrogens (tertiary/aromatic N) is 1. The van der Waals surface area contributed by atoms with E-state index in [0.29, 0.717) is 28.3 Å². The van der Waals surface area contributed by atoms with Gasteiger partial charge in [0, 0.05) is 23.9 Å². The van der Waals surface area contributed by atoms with Gasteiger partial charge in [-0.05, 0) is 49.4 Å². The maximum Gasteiger partial charge on any atom is 0.267 e. The first kappa shape index (κ1) is 16.5. The van der Waals surface area contributed by atoms with E-state index in [9.17, 15) is 14.4 Å². The van der Waals surface area contributed by atoms with Gasteiger partial charge in [-0.1, -0.05) is 0 Å². The van der Waals surface area contributed by atoms with E-state index in [1.807, 2.05) is 0 Å². The van der Waals surface area contributed by atoms with Gasteiger partial charge < -0.3 is 20.7 Å². The number of rotatable bonds is 3. The molecule has 1 aliphatic heterocycles. The van der Waals surface area contributed by atoms with Crippen molar-refractivity contribution in [1.82, 2.24) is 0 Å². The minimum absolute atomic E-state index is 0.140. The van der Waals surface area contributed by atoms with Gasteiger partial charge in [-0.25, -0.2) is 0 Å². The third-order valence-corrected chi connectivity index (χ3v) is 3.99. The van der Waals surface area contributed by atoms with Gasteiger partial charge in [-0.3, -0.25) is 14.4 Å². The molecule has 3 N–H and O–H groups in total. The number of anilines is 2. The molecule has 1 heterocycles. The molecule has 0 aliphatic carbocycles. The van der Waals surface area contributed by atoms with Crippen LogP contribution in [0, 0.1) is 0 Å². The Balaban J connectivity index is 1.80. The largest absolute Gasteiger partial charge is 0.479 e. The highest BCUT2D eigenvalue weighted by molar-refractivity contribution is 6.06. The maximum absolute atomic E-state index is 12.4. The third-order valence-electron chi connectivity index (χ3n) is 3.99. The standard InChI is InChI=1S/C18H17N3O4/c1-10-18(24)21(2)14-8-5-12(9-15(14)25-10)17(23)20-13-6-3-11(4-7-13)16(19)22/h3-10H,1-2H3,(H2,19,22)(H,20,23). The predicted octanol–water partition coefficient (Wildman–Crippen LogP) is 1.78. The van der Waals surface area contributed by atoms with Crippen LogP contribution in [0.1, 0.15) is 27.6 Å². The van der Waals surface area contributed by atoms with E-state index in [0.717, 1.165) is 0 Å². The van der Waals surface area contributed by atoms with Gasteiger partial charge in [0.25, 0.3) is 11.8 Å². The van der Waals surface area contributed by atoms with E-state index < -0.39 is 12.0 Å². The summed E-state index contributed by atoms with van der Waals surface area (Å²) in [6, 6.07) is 11.2. The van der Waals surface area contributed by atoms with Gasteiger partial charge >= 0.3 is 0 Å². The number of likely N-dealkylation sites (N-methyl/N-ethyl adjacent to an activating group) is 1. The number of carbonyl (C=O) groups is 3. The molecule has 2 aromatic carbocycles. The normalized spacial score (nSPS) is 16.0. The van der Waals surface area contributed by atoms with Crippen LogP contribution in [0.5, 0.6) is 5.75 Å². The fourth-order valence-corrected chi connectivity index (χ4v) is 2.58. The van der Waals surface area contributed by atoms with Crippen LogP contribution in [0.15, 0.2) is 42.5 Å². The van der Waals surface area contributed by atoms with Crippen molar-refractivity contribution in [1.29, 1.82) is 0 Å². The number of nitrogens with one attached hydrogen (secondary N) is 1. The lowest BCUT2D eigenvalue weighted by Gasteiger charge is -2.30. The number of amides is 3. The Morgan fingerprint density at radius 3 is 2.40 bits per heavy atom. The summed E-state index contributed by atoms with van der Waals surface area (Å²) in [5, 5.41) is 2.74. The van der Waals surface area contributed by atoms with E-state index >= 15 is 0 Å². The molecule has 0 fully saturated rings. The Kier molecular flexibility index (Phi) is 4.14. The van der Waals surface area contributed by atoms with Crippen LogP contribution in [-0.4, -0.2) is 30.9 Å². The van der Waals surface area contributed by atoms with Crippen molar-refractivity contribution in [3.05, 3.63) is 53.6 Å². The van der Waals surface area contributed by atoms with Crippen LogP contribution in [-0.2, 0) is 4.79 Å². The molecule has 0 bridgehead atoms. The number of carbonyl (C=O) groups excluding carboxylic acids is 3. The molecular weight excluding hydrogens is 322 g/mol. The average Bonchev–Trinajstić information content (AvgIpc) is 2.59. The fraction of sp³-hybridized carbons (Fsp3) is 0.167. The summed E-state index contributed by atoms with van der Waals surface area (Å²) in [6.45, 7) is 1.66. The third kappa shape index (κ3) is 3.16. The first-order chi connectivity index (χ1) is 11.9. The lowest BCUT2D eigenvalue weighted by Crippen LogP contribution is -2.42. The Labute approximate surface area is 144 Å². The molecule has 1 atom stereocenters. The first-order valence-corrected chi connectivity index (χ1v) is 7.66. The molecule has 3 rings (SSSR count). The Hall–Kier alpha value is -3.35. The highest BCUT2D eigenvalue weighted by atomic mass is 16.5. The summed E-state index contributed by atoms with van der Waals surface area (Å²) >= 11 is 0. The molecule has 3 amide bonds. The molecule has 25 heavy (non-hydrogen) atoms. The summed E-state index contributed by atoms with van der Waals surface area (Å²) < 4.78 is 5.57. The van der Waals surface area contributed by atoms with Crippen molar-refractivity contribution in [2.75, 3.05) is 17.3 Å². The van der Waals surface area contributed by atoms with Crippen LogP contribution in [0.3, 0.4) is 0 Å². The lowest BCUT2D eigenvalue weighted by molar-refractivity contribution is -0.125. The quantitative estimate of drug-likeness (QED) is 0.890. The Bertz CT molecular complexity index is 861. The number of benzene rings is 2. The van der Waals surface area contributed by atoms with E-state index in [1.54, 1.807) is 44.3 Å². The van der Waals surface area contributed by atoms with Crippen LogP contribution in [0.2, 0.25) is 0 Å². The molecule has 1 unspecified atom stereocenters. The average molecular weight is 339 g/mol. The number of fused-ring (bicyclic) bond motifs is 1. The van der Waals surface area contributed by atoms with Gasteiger partial charge in [0.15, 0.2) is 6.10 Å². The summed E-state index contributed by atoms with van der Waals surface area (Å²) in [4.78, 5) is 36.9. The number of hydrogen-bond donors (Lipinski definition) is 2. The van der Waals surface area contributed by atoms with Crippen molar-refractivity contribution in [3.63, 3.8) is 0 Å². The van der Waals surface area contributed by atoms with Gasteiger partial charge in [-0.15, -0.1) is 0 Å². The van der Waals surface area contributed by atoms with E-state index in [-0.39, 0.29) is 11.8 Å². The number of ether oxygens (including phenoxy) is 1. The smallest absolute Gasteiger partial charge is 0.267 e. The minimum atomic E-state index is -0.600. The summed E-state index contributed by atoms with van der Waals surface area (Å²) in [6.07, 6.45) is -0.600. The van der Waals surface area contributed by atoms with E-state index in [4.69, 9.17) is 10.5 Å². The van der Waals surface area contributed by atoms with Crippen LogP contribution < -0.4 is 20.7 Å². The van der Waals surface area contributed by atoms with Gasteiger partial charge in [0.1, 0.15) is 5.75 Å². The summed E-state index contributed by atoms with van der Waals surface area (Å²) in [5.41, 5.74) is 7.10. The zero-order valence-electron chi connectivity index (χ0n) is 13.8. The topological polar surface area (TPSA) is 102 Å². The Morgan fingerprint density at radius 2 is 1.76 bits per heavy atom. The van der Waals surface area contributed by atoms with Crippen molar-refractivity contribution >= 4 is 29.1 Å². The van der Waals surface area contributed by atoms with Gasteiger partial charge in [-0.2, -0.15) is 0 Å². The summed E-state index contributed by atoms with van der Waals surface area (Å²) in [7, 11) is 1.67. The molecular formula is C18H17N3O4. The zero-order valence-corrected chi connectivity index (χ0v) is 13.8. The molecule has 128 valence electrons. The van der Waals surface area contributed by atoms with Gasteiger partial charge in [0.2, 0.25) is 5.91 Å². The molecule has 0 aromatic heterocycles. The molecule has 2 aromatic rings. The summed E-state index contributed by atoms with van der Waals surface area (Å²) in [5.74, 6) is -0.520. The number of primary amides is 1. The maximum atomic E-state index is 12.4. The van der Waals surface area contributed by atoms with Crippen molar-refractivity contribution < 1.29 is 19.1 Å². The van der Waals surface area contributed by atoms with Crippen LogP contribution in [0.4, 0.5) is 11.4 Å². The zero-order chi connectivity index (χ0) is 18.1. The SMILES string of the molecule is CC1Oc2cc(C(=O)Nc3ccc(C(N)=O)cc3)ccc2N(C)C1=O. The molecule has 1 aliphatic rings. The van der Waals surface area contributed by atoms with Crippen LogP contribution >= 0.6 is 0 Å². The van der Waals surface area contributed by atoms with Crippen molar-refractivity contribution in [2.45, 2.75) is 13.0 Å². The molecule has 7 nitrogen and oxygen atoms in total. The predicted molar refractivity (Wildman–Crippen MR) is 92.9 cm³/mol. The van der Waals surface area contributed by atoms with Gasteiger partial charge in [0.05, 0.1) is 5.69 Å². The van der Waals surface area contributed by atoms with Crippen molar-refractivity contribution in [3.8, 4) is 5.75 Å².